The highest BCUT2D eigenvalue weighted by Crippen LogP contribution is 2.12. The number of hydrazone groups is 1. The molecule has 4 nitrogen and oxygen atoms in total. The van der Waals surface area contributed by atoms with Gasteiger partial charge in [-0.15, -0.1) is 0 Å². The lowest BCUT2D eigenvalue weighted by Gasteiger charge is -2.07. The summed E-state index contributed by atoms with van der Waals surface area (Å²) in [6.07, 6.45) is 1.49. The van der Waals surface area contributed by atoms with E-state index < -0.39 is 0 Å². The summed E-state index contributed by atoms with van der Waals surface area (Å²) in [5.41, 5.74) is 7.20. The van der Waals surface area contributed by atoms with Crippen LogP contribution in [0.5, 0.6) is 0 Å². The fraction of sp³-hybridized carbons (Fsp3) is 0.250. The average Bonchev–Trinajstić information content (AvgIpc) is 2.82. The minimum atomic E-state index is -0.264. The molecule has 104 valence electrons. The van der Waals surface area contributed by atoms with Crippen LogP contribution in [0.3, 0.4) is 0 Å². The SMILES string of the molecule is C/C(=N/NC(=O)c1ccoc1C)c1ccc(C)cc1C. The van der Waals surface area contributed by atoms with Crippen LogP contribution >= 0.6 is 0 Å². The summed E-state index contributed by atoms with van der Waals surface area (Å²) in [5.74, 6) is 0.322. The van der Waals surface area contributed by atoms with Crippen LogP contribution in [0.25, 0.3) is 0 Å². The molecule has 0 aliphatic rings. The molecule has 0 bridgehead atoms. The predicted molar refractivity (Wildman–Crippen MR) is 79.0 cm³/mol. The number of nitrogens with zero attached hydrogens (tertiary/aromatic N) is 1. The Morgan fingerprint density at radius 1 is 1.15 bits per heavy atom. The third-order valence-corrected chi connectivity index (χ3v) is 3.20. The lowest BCUT2D eigenvalue weighted by atomic mass is 10.0. The monoisotopic (exact) mass is 270 g/mol. The smallest absolute Gasteiger partial charge is 0.274 e. The molecule has 1 amide bonds. The molecule has 0 radical (unpaired) electrons. The second kappa shape index (κ2) is 5.74. The molecule has 2 rings (SSSR count). The molecular weight excluding hydrogens is 252 g/mol. The Morgan fingerprint density at radius 3 is 2.50 bits per heavy atom. The van der Waals surface area contributed by atoms with E-state index in [1.807, 2.05) is 32.9 Å². The third kappa shape index (κ3) is 2.96. The summed E-state index contributed by atoms with van der Waals surface area (Å²) < 4.78 is 5.10. The van der Waals surface area contributed by atoms with Gasteiger partial charge in [0.15, 0.2) is 0 Å². The van der Waals surface area contributed by atoms with Crippen molar-refractivity contribution in [1.82, 2.24) is 5.43 Å². The number of amides is 1. The molecule has 20 heavy (non-hydrogen) atoms. The first-order chi connectivity index (χ1) is 9.49. The van der Waals surface area contributed by atoms with Crippen LogP contribution in [0.15, 0.2) is 40.0 Å². The number of rotatable bonds is 3. The Balaban J connectivity index is 2.15. The number of furan rings is 1. The Kier molecular flexibility index (Phi) is 4.03. The maximum atomic E-state index is 11.9. The minimum absolute atomic E-state index is 0.264. The quantitative estimate of drug-likeness (QED) is 0.686. The number of hydrogen-bond donors (Lipinski definition) is 1. The second-order valence-electron chi connectivity index (χ2n) is 4.85. The fourth-order valence-electron chi connectivity index (χ4n) is 2.10. The average molecular weight is 270 g/mol. The summed E-state index contributed by atoms with van der Waals surface area (Å²) in [6, 6.07) is 7.77. The van der Waals surface area contributed by atoms with Gasteiger partial charge >= 0.3 is 0 Å². The van der Waals surface area contributed by atoms with E-state index in [1.54, 1.807) is 13.0 Å². The van der Waals surface area contributed by atoms with Crippen LogP contribution in [0.4, 0.5) is 0 Å². The van der Waals surface area contributed by atoms with E-state index in [2.05, 4.69) is 16.6 Å². The van der Waals surface area contributed by atoms with Gasteiger partial charge in [-0.05, 0) is 39.3 Å². The molecule has 1 heterocycles. The molecule has 1 aromatic heterocycles. The zero-order valence-electron chi connectivity index (χ0n) is 12.2. The van der Waals surface area contributed by atoms with Gasteiger partial charge in [-0.25, -0.2) is 5.43 Å². The fourth-order valence-corrected chi connectivity index (χ4v) is 2.10. The molecule has 0 aliphatic heterocycles. The molecule has 0 fully saturated rings. The standard InChI is InChI=1S/C16H18N2O2/c1-10-5-6-14(11(2)9-10)12(3)17-18-16(19)15-7-8-20-13(15)4/h5-9H,1-4H3,(H,18,19)/b17-12-. The molecule has 0 unspecified atom stereocenters. The Bertz CT molecular complexity index is 669. The van der Waals surface area contributed by atoms with Crippen LogP contribution in [-0.4, -0.2) is 11.6 Å². The molecule has 4 heteroatoms. The van der Waals surface area contributed by atoms with Crippen molar-refractivity contribution in [3.05, 3.63) is 58.5 Å². The molecule has 2 aromatic rings. The number of benzene rings is 1. The van der Waals surface area contributed by atoms with Crippen molar-refractivity contribution in [2.75, 3.05) is 0 Å². The topological polar surface area (TPSA) is 54.6 Å². The van der Waals surface area contributed by atoms with Crippen molar-refractivity contribution in [1.29, 1.82) is 0 Å². The number of carbonyl (C=O) groups is 1. The maximum Gasteiger partial charge on any atom is 0.274 e. The van der Waals surface area contributed by atoms with E-state index in [1.165, 1.54) is 11.8 Å². The van der Waals surface area contributed by atoms with Crippen LogP contribution in [0.2, 0.25) is 0 Å². The van der Waals surface area contributed by atoms with Gasteiger partial charge in [-0.3, -0.25) is 4.79 Å². The van der Waals surface area contributed by atoms with Crippen LogP contribution in [0, 0.1) is 20.8 Å². The van der Waals surface area contributed by atoms with E-state index in [0.29, 0.717) is 11.3 Å². The Labute approximate surface area is 118 Å². The molecular formula is C16H18N2O2. The Hall–Kier alpha value is -2.36. The number of aryl methyl sites for hydroxylation is 3. The van der Waals surface area contributed by atoms with Crippen molar-refractivity contribution in [3.63, 3.8) is 0 Å². The minimum Gasteiger partial charge on any atom is -0.469 e. The molecule has 0 spiro atoms. The zero-order chi connectivity index (χ0) is 14.7. The first kappa shape index (κ1) is 14.1. The molecule has 0 atom stereocenters. The maximum absolute atomic E-state index is 11.9. The summed E-state index contributed by atoms with van der Waals surface area (Å²) in [7, 11) is 0. The third-order valence-electron chi connectivity index (χ3n) is 3.20. The van der Waals surface area contributed by atoms with Gasteiger partial charge in [0.1, 0.15) is 5.76 Å². The van der Waals surface area contributed by atoms with Gasteiger partial charge in [-0.2, -0.15) is 5.10 Å². The van der Waals surface area contributed by atoms with Crippen molar-refractivity contribution < 1.29 is 9.21 Å². The first-order valence-electron chi connectivity index (χ1n) is 6.45. The van der Waals surface area contributed by atoms with E-state index in [-0.39, 0.29) is 5.91 Å². The van der Waals surface area contributed by atoms with Crippen LogP contribution in [0.1, 0.15) is 39.7 Å². The highest BCUT2D eigenvalue weighted by molar-refractivity contribution is 6.02. The number of carbonyl (C=O) groups excluding carboxylic acids is 1. The van der Waals surface area contributed by atoms with E-state index in [9.17, 15) is 4.79 Å². The summed E-state index contributed by atoms with van der Waals surface area (Å²) in [4.78, 5) is 11.9. The van der Waals surface area contributed by atoms with Crippen molar-refractivity contribution in [2.24, 2.45) is 5.10 Å². The highest BCUT2D eigenvalue weighted by Gasteiger charge is 2.10. The van der Waals surface area contributed by atoms with E-state index in [4.69, 9.17) is 4.42 Å². The number of nitrogens with one attached hydrogen (secondary N) is 1. The van der Waals surface area contributed by atoms with E-state index >= 15 is 0 Å². The summed E-state index contributed by atoms with van der Waals surface area (Å²) >= 11 is 0. The molecule has 1 aromatic carbocycles. The first-order valence-corrected chi connectivity index (χ1v) is 6.45. The zero-order valence-corrected chi connectivity index (χ0v) is 12.2. The highest BCUT2D eigenvalue weighted by atomic mass is 16.3. The molecule has 0 saturated carbocycles. The van der Waals surface area contributed by atoms with E-state index in [0.717, 1.165) is 16.8 Å². The van der Waals surface area contributed by atoms with Gasteiger partial charge in [0.05, 0.1) is 17.5 Å². The van der Waals surface area contributed by atoms with Crippen molar-refractivity contribution in [3.8, 4) is 0 Å². The van der Waals surface area contributed by atoms with Gasteiger partial charge in [0.2, 0.25) is 0 Å². The molecule has 0 saturated heterocycles. The van der Waals surface area contributed by atoms with Gasteiger partial charge < -0.3 is 4.42 Å². The summed E-state index contributed by atoms with van der Waals surface area (Å²) in [5, 5.41) is 4.16. The van der Waals surface area contributed by atoms with Gasteiger partial charge in [-0.1, -0.05) is 23.8 Å². The van der Waals surface area contributed by atoms with Gasteiger partial charge in [0, 0.05) is 5.56 Å². The van der Waals surface area contributed by atoms with Gasteiger partial charge in [0.25, 0.3) is 5.91 Å². The molecule has 0 aliphatic carbocycles. The second-order valence-corrected chi connectivity index (χ2v) is 4.85. The lowest BCUT2D eigenvalue weighted by Crippen LogP contribution is -2.19. The van der Waals surface area contributed by atoms with Crippen LogP contribution < -0.4 is 5.43 Å². The number of hydrogen-bond acceptors (Lipinski definition) is 3. The van der Waals surface area contributed by atoms with Crippen molar-refractivity contribution >= 4 is 11.6 Å². The normalized spacial score (nSPS) is 11.5. The predicted octanol–water partition coefficient (Wildman–Crippen LogP) is 3.36. The summed E-state index contributed by atoms with van der Waals surface area (Å²) in [6.45, 7) is 7.70. The largest absolute Gasteiger partial charge is 0.469 e. The lowest BCUT2D eigenvalue weighted by molar-refractivity contribution is 0.0953. The van der Waals surface area contributed by atoms with Crippen LogP contribution in [-0.2, 0) is 0 Å². The molecule has 1 N–H and O–H groups in total. The Morgan fingerprint density at radius 2 is 1.90 bits per heavy atom. The van der Waals surface area contributed by atoms with Crippen molar-refractivity contribution in [2.45, 2.75) is 27.7 Å².